The number of nitrogens with zero attached hydrogens (tertiary/aromatic N) is 4. The van der Waals surface area contributed by atoms with Crippen molar-refractivity contribution in [2.45, 2.75) is 6.92 Å². The minimum atomic E-state index is -0.417. The van der Waals surface area contributed by atoms with Crippen LogP contribution in [0.1, 0.15) is 5.56 Å². The summed E-state index contributed by atoms with van der Waals surface area (Å²) in [6, 6.07) is 10.1. The second-order valence-electron chi connectivity index (χ2n) is 4.64. The number of aryl methyl sites for hydroxylation is 1. The van der Waals surface area contributed by atoms with Gasteiger partial charge in [-0.25, -0.2) is 4.98 Å². The Bertz CT molecular complexity index is 863. The molecule has 2 N–H and O–H groups in total. The van der Waals surface area contributed by atoms with Crippen LogP contribution >= 0.6 is 0 Å². The molecule has 0 aliphatic rings. The van der Waals surface area contributed by atoms with Crippen LogP contribution in [-0.4, -0.2) is 20.1 Å². The molecule has 0 saturated heterocycles. The van der Waals surface area contributed by atoms with Gasteiger partial charge in [0.25, 0.3) is 5.69 Å². The third-order valence-electron chi connectivity index (χ3n) is 3.16. The second kappa shape index (κ2) is 4.78. The lowest BCUT2D eigenvalue weighted by Crippen LogP contribution is -1.99. The van der Waals surface area contributed by atoms with E-state index in [1.165, 1.54) is 12.1 Å². The lowest BCUT2D eigenvalue weighted by Gasteiger charge is -2.06. The molecule has 0 saturated carbocycles. The van der Waals surface area contributed by atoms with E-state index in [1.54, 1.807) is 12.1 Å². The molecule has 7 nitrogen and oxygen atoms in total. The number of aromatic nitrogens is 3. The van der Waals surface area contributed by atoms with Gasteiger partial charge in [-0.2, -0.15) is 0 Å². The predicted molar refractivity (Wildman–Crippen MR) is 78.6 cm³/mol. The first kappa shape index (κ1) is 12.9. The van der Waals surface area contributed by atoms with Crippen LogP contribution in [0.4, 0.5) is 11.6 Å². The highest BCUT2D eigenvalue weighted by molar-refractivity contribution is 5.84. The van der Waals surface area contributed by atoms with E-state index in [9.17, 15) is 10.1 Å². The number of fused-ring (bicyclic) bond motifs is 1. The highest BCUT2D eigenvalue weighted by atomic mass is 16.6. The van der Waals surface area contributed by atoms with Gasteiger partial charge in [0.05, 0.1) is 10.4 Å². The van der Waals surface area contributed by atoms with Crippen molar-refractivity contribution in [2.75, 3.05) is 5.73 Å². The maximum absolute atomic E-state index is 10.9. The summed E-state index contributed by atoms with van der Waals surface area (Å²) in [4.78, 5) is 14.6. The predicted octanol–water partition coefficient (Wildman–Crippen LogP) is 2.49. The molecule has 3 aromatic rings. The summed E-state index contributed by atoms with van der Waals surface area (Å²) >= 11 is 0. The number of nitro benzene ring substituents is 1. The van der Waals surface area contributed by atoms with Crippen molar-refractivity contribution in [1.82, 2.24) is 15.2 Å². The molecule has 21 heavy (non-hydrogen) atoms. The van der Waals surface area contributed by atoms with Crippen molar-refractivity contribution in [3.8, 4) is 11.1 Å². The van der Waals surface area contributed by atoms with Crippen LogP contribution in [-0.2, 0) is 0 Å². The summed E-state index contributed by atoms with van der Waals surface area (Å²) in [5, 5.41) is 18.6. The van der Waals surface area contributed by atoms with Gasteiger partial charge in [-0.05, 0) is 35.7 Å². The monoisotopic (exact) mass is 281 g/mol. The molecule has 0 spiro atoms. The van der Waals surface area contributed by atoms with E-state index in [1.807, 2.05) is 19.1 Å². The number of anilines is 1. The maximum Gasteiger partial charge on any atom is 0.270 e. The molecule has 0 fully saturated rings. The van der Waals surface area contributed by atoms with Crippen molar-refractivity contribution in [3.05, 3.63) is 52.1 Å². The van der Waals surface area contributed by atoms with E-state index in [2.05, 4.69) is 15.2 Å². The fraction of sp³-hybridized carbons (Fsp3) is 0.0714. The molecule has 0 bridgehead atoms. The fourth-order valence-electron chi connectivity index (χ4n) is 2.19. The number of nitro groups is 1. The molecular formula is C14H11N5O2. The normalized spacial score (nSPS) is 10.7. The molecule has 104 valence electrons. The van der Waals surface area contributed by atoms with Crippen LogP contribution in [0, 0.1) is 17.0 Å². The SMILES string of the molecule is Cc1cc(-c2cccc([N+](=O)[O-])c2)cc2nnc(N)nc12. The van der Waals surface area contributed by atoms with Gasteiger partial charge in [-0.1, -0.05) is 12.1 Å². The van der Waals surface area contributed by atoms with Crippen molar-refractivity contribution >= 4 is 22.7 Å². The smallest absolute Gasteiger partial charge is 0.270 e. The van der Waals surface area contributed by atoms with Gasteiger partial charge in [0.15, 0.2) is 0 Å². The van der Waals surface area contributed by atoms with Crippen molar-refractivity contribution < 1.29 is 4.92 Å². The van der Waals surface area contributed by atoms with Crippen LogP contribution in [0.25, 0.3) is 22.2 Å². The van der Waals surface area contributed by atoms with Gasteiger partial charge >= 0.3 is 0 Å². The third-order valence-corrected chi connectivity index (χ3v) is 3.16. The van der Waals surface area contributed by atoms with E-state index in [0.29, 0.717) is 11.0 Å². The molecule has 0 unspecified atom stereocenters. The highest BCUT2D eigenvalue weighted by Crippen LogP contribution is 2.27. The molecule has 1 aromatic heterocycles. The summed E-state index contributed by atoms with van der Waals surface area (Å²) in [6.45, 7) is 1.89. The summed E-state index contributed by atoms with van der Waals surface area (Å²) in [5.74, 6) is 0.119. The van der Waals surface area contributed by atoms with Gasteiger partial charge in [0.1, 0.15) is 5.52 Å². The quantitative estimate of drug-likeness (QED) is 0.571. The third kappa shape index (κ3) is 2.36. The zero-order valence-electron chi connectivity index (χ0n) is 11.1. The number of hydrogen-bond donors (Lipinski definition) is 1. The Morgan fingerprint density at radius 3 is 2.71 bits per heavy atom. The van der Waals surface area contributed by atoms with Gasteiger partial charge in [-0.15, -0.1) is 10.2 Å². The second-order valence-corrected chi connectivity index (χ2v) is 4.64. The summed E-state index contributed by atoms with van der Waals surface area (Å²) in [6.07, 6.45) is 0. The van der Waals surface area contributed by atoms with Crippen LogP contribution in [0.3, 0.4) is 0 Å². The Labute approximate surface area is 119 Å². The van der Waals surface area contributed by atoms with E-state index in [-0.39, 0.29) is 11.6 Å². The van der Waals surface area contributed by atoms with Crippen LogP contribution in [0.2, 0.25) is 0 Å². The Morgan fingerprint density at radius 2 is 1.95 bits per heavy atom. The molecule has 7 heteroatoms. The van der Waals surface area contributed by atoms with Gasteiger partial charge in [0, 0.05) is 12.1 Å². The van der Waals surface area contributed by atoms with Crippen LogP contribution in [0.15, 0.2) is 36.4 Å². The van der Waals surface area contributed by atoms with E-state index in [4.69, 9.17) is 5.73 Å². The minimum absolute atomic E-state index is 0.0479. The number of benzene rings is 2. The molecule has 1 heterocycles. The molecule has 0 radical (unpaired) electrons. The first-order valence-electron chi connectivity index (χ1n) is 6.20. The Balaban J connectivity index is 2.19. The minimum Gasteiger partial charge on any atom is -0.366 e. The van der Waals surface area contributed by atoms with Crippen molar-refractivity contribution in [1.29, 1.82) is 0 Å². The molecule has 3 rings (SSSR count). The number of nitrogens with two attached hydrogens (primary N) is 1. The topological polar surface area (TPSA) is 108 Å². The zero-order valence-corrected chi connectivity index (χ0v) is 11.1. The van der Waals surface area contributed by atoms with Gasteiger partial charge in [0.2, 0.25) is 5.95 Å². The summed E-state index contributed by atoms with van der Waals surface area (Å²) < 4.78 is 0. The summed E-state index contributed by atoms with van der Waals surface area (Å²) in [7, 11) is 0. The molecule has 2 aromatic carbocycles. The number of hydrogen-bond acceptors (Lipinski definition) is 6. The number of rotatable bonds is 2. The first-order chi connectivity index (χ1) is 10.0. The fourth-order valence-corrected chi connectivity index (χ4v) is 2.19. The Kier molecular flexibility index (Phi) is 2.94. The van der Waals surface area contributed by atoms with Crippen molar-refractivity contribution in [2.24, 2.45) is 0 Å². The zero-order chi connectivity index (χ0) is 15.0. The van der Waals surface area contributed by atoms with Crippen LogP contribution < -0.4 is 5.73 Å². The van der Waals surface area contributed by atoms with Crippen LogP contribution in [0.5, 0.6) is 0 Å². The van der Waals surface area contributed by atoms with Gasteiger partial charge in [-0.3, -0.25) is 10.1 Å². The molecule has 0 aliphatic carbocycles. The van der Waals surface area contributed by atoms with E-state index < -0.39 is 4.92 Å². The lowest BCUT2D eigenvalue weighted by molar-refractivity contribution is -0.384. The molecule has 0 amide bonds. The number of non-ortho nitro benzene ring substituents is 1. The van der Waals surface area contributed by atoms with E-state index in [0.717, 1.165) is 16.7 Å². The molecule has 0 aliphatic heterocycles. The lowest BCUT2D eigenvalue weighted by atomic mass is 10.0. The average Bonchev–Trinajstić information content (AvgIpc) is 2.48. The summed E-state index contributed by atoms with van der Waals surface area (Å²) in [5.41, 5.74) is 9.32. The molecule has 0 atom stereocenters. The largest absolute Gasteiger partial charge is 0.366 e. The number of nitrogen functional groups attached to an aromatic ring is 1. The Hall–Kier alpha value is -3.09. The van der Waals surface area contributed by atoms with E-state index >= 15 is 0 Å². The van der Waals surface area contributed by atoms with Gasteiger partial charge < -0.3 is 5.73 Å². The Morgan fingerprint density at radius 1 is 1.14 bits per heavy atom. The standard InChI is InChI=1S/C14H11N5O2/c1-8-5-10(7-12-13(8)16-14(15)18-17-12)9-3-2-4-11(6-9)19(20)21/h2-7H,1H3,(H2,15,16,18). The first-order valence-corrected chi connectivity index (χ1v) is 6.20. The maximum atomic E-state index is 10.9. The molecular weight excluding hydrogens is 270 g/mol. The van der Waals surface area contributed by atoms with Crippen molar-refractivity contribution in [3.63, 3.8) is 0 Å². The average molecular weight is 281 g/mol. The highest BCUT2D eigenvalue weighted by Gasteiger charge is 2.10.